The number of amides is 1. The van der Waals surface area contributed by atoms with Crippen molar-refractivity contribution in [3.63, 3.8) is 0 Å². The minimum Gasteiger partial charge on any atom is -0.338 e. The Morgan fingerprint density at radius 2 is 2.12 bits per heavy atom. The fraction of sp³-hybridized carbons (Fsp3) is 0.500. The number of nitrogens with zero attached hydrogens (tertiary/aromatic N) is 4. The van der Waals surface area contributed by atoms with E-state index in [1.54, 1.807) is 12.4 Å². The molecule has 1 amide bonds. The zero-order valence-electron chi connectivity index (χ0n) is 14.0. The van der Waals surface area contributed by atoms with Crippen LogP contribution in [0.15, 0.2) is 36.8 Å². The molecule has 24 heavy (non-hydrogen) atoms. The van der Waals surface area contributed by atoms with Crippen molar-refractivity contribution in [3.8, 4) is 0 Å². The second-order valence-corrected chi connectivity index (χ2v) is 6.91. The highest BCUT2D eigenvalue weighted by atomic mass is 16.2. The maximum Gasteiger partial charge on any atom is 0.231 e. The molecule has 0 bridgehead atoms. The number of pyridine rings is 1. The average Bonchev–Trinajstić information content (AvgIpc) is 3.19. The summed E-state index contributed by atoms with van der Waals surface area (Å²) in [5, 5.41) is 7.77. The summed E-state index contributed by atoms with van der Waals surface area (Å²) < 4.78 is 1.91. The zero-order valence-corrected chi connectivity index (χ0v) is 14.0. The number of hydrogen-bond acceptors (Lipinski definition) is 4. The lowest BCUT2D eigenvalue weighted by Gasteiger charge is -2.42. The van der Waals surface area contributed by atoms with Gasteiger partial charge < -0.3 is 10.2 Å². The van der Waals surface area contributed by atoms with Gasteiger partial charge in [0.1, 0.15) is 0 Å². The lowest BCUT2D eigenvalue weighted by Crippen LogP contribution is -2.51. The molecule has 2 aromatic rings. The van der Waals surface area contributed by atoms with Gasteiger partial charge in [-0.25, -0.2) is 0 Å². The highest BCUT2D eigenvalue weighted by Gasteiger charge is 2.53. The maximum atomic E-state index is 13.4. The van der Waals surface area contributed by atoms with Crippen LogP contribution < -0.4 is 5.32 Å². The van der Waals surface area contributed by atoms with Gasteiger partial charge >= 0.3 is 0 Å². The summed E-state index contributed by atoms with van der Waals surface area (Å²) in [6, 6.07) is 6.02. The van der Waals surface area contributed by atoms with Gasteiger partial charge in [-0.05, 0) is 36.6 Å². The van der Waals surface area contributed by atoms with Gasteiger partial charge in [-0.3, -0.25) is 14.5 Å². The van der Waals surface area contributed by atoms with Crippen LogP contribution in [0.1, 0.15) is 30.0 Å². The van der Waals surface area contributed by atoms with Crippen LogP contribution >= 0.6 is 0 Å². The second kappa shape index (κ2) is 6.02. The molecule has 1 N–H and O–H groups in total. The van der Waals surface area contributed by atoms with Gasteiger partial charge in [0.05, 0.1) is 5.41 Å². The molecular formula is C18H23N5O. The number of carbonyl (C=O) groups is 1. The Morgan fingerprint density at radius 1 is 1.29 bits per heavy atom. The normalized spacial score (nSPS) is 27.1. The van der Waals surface area contributed by atoms with Crippen molar-refractivity contribution in [2.45, 2.75) is 25.3 Å². The molecule has 6 heteroatoms. The Morgan fingerprint density at radius 3 is 2.88 bits per heavy atom. The van der Waals surface area contributed by atoms with Gasteiger partial charge in [0.25, 0.3) is 0 Å². The van der Waals surface area contributed by atoms with Crippen molar-refractivity contribution in [2.75, 3.05) is 19.6 Å². The molecule has 126 valence electrons. The van der Waals surface area contributed by atoms with Gasteiger partial charge in [-0.15, -0.1) is 0 Å². The van der Waals surface area contributed by atoms with Gasteiger partial charge in [0, 0.05) is 63.4 Å². The molecule has 0 aliphatic carbocycles. The Hall–Kier alpha value is -2.21. The zero-order chi connectivity index (χ0) is 16.6. The molecule has 0 aromatic carbocycles. The van der Waals surface area contributed by atoms with Crippen LogP contribution in [0.25, 0.3) is 0 Å². The highest BCUT2D eigenvalue weighted by molar-refractivity contribution is 5.85. The van der Waals surface area contributed by atoms with Crippen LogP contribution in [0.5, 0.6) is 0 Å². The molecule has 6 nitrogen and oxygen atoms in total. The molecule has 1 spiro atoms. The third-order valence-corrected chi connectivity index (χ3v) is 5.56. The maximum absolute atomic E-state index is 13.4. The van der Waals surface area contributed by atoms with E-state index in [2.05, 4.69) is 21.5 Å². The minimum absolute atomic E-state index is 0.192. The lowest BCUT2D eigenvalue weighted by molar-refractivity contribution is -0.147. The van der Waals surface area contributed by atoms with Crippen molar-refractivity contribution in [2.24, 2.45) is 12.5 Å². The van der Waals surface area contributed by atoms with Crippen molar-refractivity contribution < 1.29 is 4.79 Å². The molecular weight excluding hydrogens is 302 g/mol. The summed E-state index contributed by atoms with van der Waals surface area (Å²) in [5.74, 6) is 0.472. The van der Waals surface area contributed by atoms with Crippen LogP contribution in [0.3, 0.4) is 0 Å². The topological polar surface area (TPSA) is 63.1 Å². The van der Waals surface area contributed by atoms with Crippen molar-refractivity contribution in [3.05, 3.63) is 48.0 Å². The number of nitrogens with one attached hydrogen (secondary N) is 1. The van der Waals surface area contributed by atoms with E-state index in [9.17, 15) is 4.79 Å². The Bertz CT molecular complexity index is 728. The first kappa shape index (κ1) is 15.3. The number of likely N-dealkylation sites (tertiary alicyclic amines) is 1. The number of aryl methyl sites for hydroxylation is 1. The molecule has 2 saturated heterocycles. The molecule has 0 radical (unpaired) electrons. The quantitative estimate of drug-likeness (QED) is 0.924. The van der Waals surface area contributed by atoms with Gasteiger partial charge in [-0.2, -0.15) is 5.10 Å². The van der Waals surface area contributed by atoms with Gasteiger partial charge in [-0.1, -0.05) is 0 Å². The summed E-state index contributed by atoms with van der Waals surface area (Å²) in [4.78, 5) is 19.5. The summed E-state index contributed by atoms with van der Waals surface area (Å²) in [6.45, 7) is 3.10. The van der Waals surface area contributed by atoms with E-state index < -0.39 is 0 Å². The van der Waals surface area contributed by atoms with E-state index in [4.69, 9.17) is 0 Å². The predicted molar refractivity (Wildman–Crippen MR) is 90.1 cm³/mol. The van der Waals surface area contributed by atoms with Crippen LogP contribution in [0.4, 0.5) is 0 Å². The van der Waals surface area contributed by atoms with Gasteiger partial charge in [0.15, 0.2) is 0 Å². The fourth-order valence-corrected chi connectivity index (χ4v) is 4.33. The predicted octanol–water partition coefficient (Wildman–Crippen LogP) is 1.31. The third kappa shape index (κ3) is 2.41. The monoisotopic (exact) mass is 325 g/mol. The first-order chi connectivity index (χ1) is 11.7. The fourth-order valence-electron chi connectivity index (χ4n) is 4.33. The summed E-state index contributed by atoms with van der Waals surface area (Å²) in [5.41, 5.74) is 1.96. The van der Waals surface area contributed by atoms with Crippen LogP contribution in [-0.4, -0.2) is 45.2 Å². The molecule has 4 heterocycles. The minimum atomic E-state index is -0.334. The largest absolute Gasteiger partial charge is 0.338 e. The van der Waals surface area contributed by atoms with Crippen molar-refractivity contribution >= 4 is 5.91 Å². The SMILES string of the molecule is Cn1nccc1[C@H]1CNC[C@@]12CCCN(Cc1ccncc1)C2=O. The summed E-state index contributed by atoms with van der Waals surface area (Å²) >= 11 is 0. The molecule has 0 saturated carbocycles. The summed E-state index contributed by atoms with van der Waals surface area (Å²) in [6.07, 6.45) is 7.39. The third-order valence-electron chi connectivity index (χ3n) is 5.56. The van der Waals surface area contributed by atoms with E-state index >= 15 is 0 Å². The van der Waals surface area contributed by atoms with Crippen LogP contribution in [-0.2, 0) is 18.4 Å². The molecule has 2 aliphatic heterocycles. The second-order valence-electron chi connectivity index (χ2n) is 6.91. The molecule has 0 unspecified atom stereocenters. The number of rotatable bonds is 3. The number of piperidine rings is 1. The summed E-state index contributed by atoms with van der Waals surface area (Å²) in [7, 11) is 1.96. The van der Waals surface area contributed by atoms with E-state index in [0.29, 0.717) is 6.54 Å². The van der Waals surface area contributed by atoms with E-state index in [1.807, 2.05) is 35.0 Å². The van der Waals surface area contributed by atoms with E-state index in [1.165, 1.54) is 0 Å². The highest BCUT2D eigenvalue weighted by Crippen LogP contribution is 2.46. The molecule has 2 aliphatic rings. The van der Waals surface area contributed by atoms with Crippen LogP contribution in [0, 0.1) is 5.41 Å². The number of hydrogen-bond donors (Lipinski definition) is 1. The van der Waals surface area contributed by atoms with Gasteiger partial charge in [0.2, 0.25) is 5.91 Å². The van der Waals surface area contributed by atoms with E-state index in [-0.39, 0.29) is 17.2 Å². The molecule has 2 fully saturated rings. The van der Waals surface area contributed by atoms with Crippen molar-refractivity contribution in [1.82, 2.24) is 25.0 Å². The molecule has 2 atom stereocenters. The smallest absolute Gasteiger partial charge is 0.231 e. The standard InChI is InChI=1S/C18H23N5O/c1-22-16(5-9-21-22)15-11-20-13-18(15)6-2-10-23(17(18)24)12-14-3-7-19-8-4-14/h3-5,7-9,15,20H,2,6,10-13H2,1H3/t15-,18+/m1/s1. The number of carbonyl (C=O) groups excluding carboxylic acids is 1. The lowest BCUT2D eigenvalue weighted by atomic mass is 9.70. The Balaban J connectivity index is 1.62. The first-order valence-electron chi connectivity index (χ1n) is 8.57. The first-order valence-corrected chi connectivity index (χ1v) is 8.57. The average molecular weight is 325 g/mol. The van der Waals surface area contributed by atoms with E-state index in [0.717, 1.165) is 43.7 Å². The molecule has 4 rings (SSSR count). The van der Waals surface area contributed by atoms with Crippen molar-refractivity contribution in [1.29, 1.82) is 0 Å². The number of aromatic nitrogens is 3. The molecule has 2 aromatic heterocycles. The Labute approximate surface area is 141 Å². The van der Waals surface area contributed by atoms with Crippen LogP contribution in [0.2, 0.25) is 0 Å². The Kier molecular flexibility index (Phi) is 3.84.